The molecule has 0 aliphatic carbocycles. The lowest BCUT2D eigenvalue weighted by atomic mass is 10.1. The molecule has 0 radical (unpaired) electrons. The number of aliphatic carboxylic acids is 1. The Balaban J connectivity index is 2.33. The van der Waals surface area contributed by atoms with E-state index in [-0.39, 0.29) is 6.61 Å². The Labute approximate surface area is 124 Å². The van der Waals surface area contributed by atoms with Gasteiger partial charge >= 0.3 is 12.1 Å². The Hall–Kier alpha value is -2.24. The van der Waals surface area contributed by atoms with Crippen LogP contribution < -0.4 is 10.1 Å². The van der Waals surface area contributed by atoms with Crippen LogP contribution in [0.15, 0.2) is 24.3 Å². The van der Waals surface area contributed by atoms with E-state index in [1.807, 2.05) is 32.9 Å². The summed E-state index contributed by atoms with van der Waals surface area (Å²) in [4.78, 5) is 21.8. The molecule has 0 atom stereocenters. The zero-order valence-corrected chi connectivity index (χ0v) is 12.5. The van der Waals surface area contributed by atoms with E-state index in [0.29, 0.717) is 18.7 Å². The number of nitrogens with one attached hydrogen (secondary N) is 1. The lowest BCUT2D eigenvalue weighted by Crippen LogP contribution is -2.33. The summed E-state index contributed by atoms with van der Waals surface area (Å²) < 4.78 is 10.2. The average molecular weight is 295 g/mol. The Bertz CT molecular complexity index is 476. The Morgan fingerprint density at radius 1 is 1.19 bits per heavy atom. The van der Waals surface area contributed by atoms with Crippen LogP contribution in [0.25, 0.3) is 0 Å². The highest BCUT2D eigenvalue weighted by molar-refractivity contribution is 5.68. The Morgan fingerprint density at radius 2 is 1.81 bits per heavy atom. The first kappa shape index (κ1) is 16.8. The number of amides is 1. The zero-order valence-electron chi connectivity index (χ0n) is 12.5. The van der Waals surface area contributed by atoms with Crippen LogP contribution in [0.5, 0.6) is 5.75 Å². The first-order valence-corrected chi connectivity index (χ1v) is 6.66. The van der Waals surface area contributed by atoms with Gasteiger partial charge in [0.2, 0.25) is 0 Å². The minimum Gasteiger partial charge on any atom is -0.482 e. The smallest absolute Gasteiger partial charge is 0.407 e. The number of ether oxygens (including phenoxy) is 2. The molecule has 1 aromatic rings. The first-order valence-electron chi connectivity index (χ1n) is 6.66. The number of carboxylic acid groups (broad SMARTS) is 1. The van der Waals surface area contributed by atoms with Gasteiger partial charge in [0.1, 0.15) is 11.4 Å². The quantitative estimate of drug-likeness (QED) is 0.840. The van der Waals surface area contributed by atoms with E-state index in [2.05, 4.69) is 5.32 Å². The fourth-order valence-corrected chi connectivity index (χ4v) is 1.52. The van der Waals surface area contributed by atoms with Crippen molar-refractivity contribution >= 4 is 12.1 Å². The number of carbonyl (C=O) groups is 2. The van der Waals surface area contributed by atoms with Crippen molar-refractivity contribution in [1.82, 2.24) is 5.32 Å². The van der Waals surface area contributed by atoms with Gasteiger partial charge in [-0.1, -0.05) is 12.1 Å². The highest BCUT2D eigenvalue weighted by atomic mass is 16.6. The molecular formula is C15H21NO5. The largest absolute Gasteiger partial charge is 0.482 e. The molecule has 21 heavy (non-hydrogen) atoms. The van der Waals surface area contributed by atoms with Crippen LogP contribution in [0.1, 0.15) is 26.3 Å². The number of benzene rings is 1. The summed E-state index contributed by atoms with van der Waals surface area (Å²) in [5.41, 5.74) is 0.501. The molecule has 0 aliphatic heterocycles. The van der Waals surface area contributed by atoms with E-state index in [4.69, 9.17) is 14.6 Å². The normalized spacial score (nSPS) is 10.8. The van der Waals surface area contributed by atoms with Crippen molar-refractivity contribution < 1.29 is 24.2 Å². The number of carboxylic acids is 1. The van der Waals surface area contributed by atoms with Gasteiger partial charge in [0.05, 0.1) is 0 Å². The lowest BCUT2D eigenvalue weighted by molar-refractivity contribution is -0.139. The number of alkyl carbamates (subject to hydrolysis) is 1. The molecule has 0 aliphatic rings. The van der Waals surface area contributed by atoms with E-state index in [9.17, 15) is 9.59 Å². The van der Waals surface area contributed by atoms with Crippen LogP contribution in [-0.2, 0) is 16.0 Å². The van der Waals surface area contributed by atoms with E-state index in [1.54, 1.807) is 12.1 Å². The molecule has 1 rings (SSSR count). The van der Waals surface area contributed by atoms with Crippen molar-refractivity contribution in [3.8, 4) is 5.75 Å². The molecule has 0 saturated heterocycles. The van der Waals surface area contributed by atoms with Crippen LogP contribution >= 0.6 is 0 Å². The van der Waals surface area contributed by atoms with Crippen LogP contribution in [0.3, 0.4) is 0 Å². The topological polar surface area (TPSA) is 84.9 Å². The molecule has 1 amide bonds. The predicted molar refractivity (Wildman–Crippen MR) is 77.5 cm³/mol. The fourth-order valence-electron chi connectivity index (χ4n) is 1.52. The van der Waals surface area contributed by atoms with Gasteiger partial charge in [0, 0.05) is 6.54 Å². The molecule has 1 aromatic carbocycles. The van der Waals surface area contributed by atoms with Crippen LogP contribution in [-0.4, -0.2) is 35.9 Å². The molecule has 6 nitrogen and oxygen atoms in total. The highest BCUT2D eigenvalue weighted by Crippen LogP contribution is 2.12. The fraction of sp³-hybridized carbons (Fsp3) is 0.467. The maximum absolute atomic E-state index is 11.4. The third-order valence-electron chi connectivity index (χ3n) is 2.37. The third kappa shape index (κ3) is 7.81. The molecule has 2 N–H and O–H groups in total. The minimum absolute atomic E-state index is 0.362. The van der Waals surface area contributed by atoms with Crippen molar-refractivity contribution in [2.75, 3.05) is 13.2 Å². The van der Waals surface area contributed by atoms with E-state index in [1.165, 1.54) is 0 Å². The van der Waals surface area contributed by atoms with Crippen molar-refractivity contribution in [2.45, 2.75) is 32.8 Å². The summed E-state index contributed by atoms with van der Waals surface area (Å²) in [5, 5.41) is 11.2. The van der Waals surface area contributed by atoms with Gasteiger partial charge in [-0.15, -0.1) is 0 Å². The first-order chi connectivity index (χ1) is 9.76. The number of hydrogen-bond donors (Lipinski definition) is 2. The molecule has 0 bridgehead atoms. The molecule has 116 valence electrons. The summed E-state index contributed by atoms with van der Waals surface area (Å²) in [6, 6.07) is 7.05. The van der Waals surface area contributed by atoms with Crippen LogP contribution in [0.2, 0.25) is 0 Å². The molecule has 6 heteroatoms. The number of carbonyl (C=O) groups excluding carboxylic acids is 1. The number of rotatable bonds is 6. The summed E-state index contributed by atoms with van der Waals surface area (Å²) >= 11 is 0. The molecule has 0 aromatic heterocycles. The molecular weight excluding hydrogens is 274 g/mol. The molecule has 0 fully saturated rings. The van der Waals surface area contributed by atoms with Gasteiger partial charge in [-0.3, -0.25) is 0 Å². The second-order valence-electron chi connectivity index (χ2n) is 5.51. The van der Waals surface area contributed by atoms with Crippen LogP contribution in [0, 0.1) is 0 Å². The maximum atomic E-state index is 11.4. The standard InChI is InChI=1S/C15H21NO5/c1-15(2,3)21-14(19)16-9-8-11-4-6-12(7-5-11)20-10-13(17)18/h4-7H,8-10H2,1-3H3,(H,16,19)(H,17,18). The van der Waals surface area contributed by atoms with E-state index in [0.717, 1.165) is 5.56 Å². The van der Waals surface area contributed by atoms with Crippen molar-refractivity contribution in [3.63, 3.8) is 0 Å². The van der Waals surface area contributed by atoms with Gasteiger partial charge in [-0.25, -0.2) is 9.59 Å². The van der Waals surface area contributed by atoms with Gasteiger partial charge in [-0.05, 0) is 44.9 Å². The summed E-state index contributed by atoms with van der Waals surface area (Å²) in [7, 11) is 0. The Kier molecular flexibility index (Phi) is 6.02. The van der Waals surface area contributed by atoms with Crippen molar-refractivity contribution in [2.24, 2.45) is 0 Å². The predicted octanol–water partition coefficient (Wildman–Crippen LogP) is 2.22. The summed E-state index contributed by atoms with van der Waals surface area (Å²) in [6.07, 6.45) is 0.210. The van der Waals surface area contributed by atoms with Gasteiger partial charge in [0.25, 0.3) is 0 Å². The second kappa shape index (κ2) is 7.52. The maximum Gasteiger partial charge on any atom is 0.407 e. The van der Waals surface area contributed by atoms with Crippen molar-refractivity contribution in [3.05, 3.63) is 29.8 Å². The number of hydrogen-bond acceptors (Lipinski definition) is 4. The second-order valence-corrected chi connectivity index (χ2v) is 5.51. The van der Waals surface area contributed by atoms with Gasteiger partial charge < -0.3 is 19.9 Å². The summed E-state index contributed by atoms with van der Waals surface area (Å²) in [6.45, 7) is 5.52. The average Bonchev–Trinajstić information content (AvgIpc) is 2.35. The molecule has 0 heterocycles. The SMILES string of the molecule is CC(C)(C)OC(=O)NCCc1ccc(OCC(=O)O)cc1. The van der Waals surface area contributed by atoms with Crippen molar-refractivity contribution in [1.29, 1.82) is 0 Å². The Morgan fingerprint density at radius 3 is 2.33 bits per heavy atom. The third-order valence-corrected chi connectivity index (χ3v) is 2.37. The summed E-state index contributed by atoms with van der Waals surface area (Å²) in [5.74, 6) is -0.512. The van der Waals surface area contributed by atoms with E-state index < -0.39 is 17.7 Å². The highest BCUT2D eigenvalue weighted by Gasteiger charge is 2.15. The minimum atomic E-state index is -1.01. The monoisotopic (exact) mass is 295 g/mol. The molecule has 0 unspecified atom stereocenters. The van der Waals surface area contributed by atoms with Gasteiger partial charge in [0.15, 0.2) is 6.61 Å². The lowest BCUT2D eigenvalue weighted by Gasteiger charge is -2.19. The van der Waals surface area contributed by atoms with E-state index >= 15 is 0 Å². The molecule has 0 saturated carbocycles. The van der Waals surface area contributed by atoms with Crippen LogP contribution in [0.4, 0.5) is 4.79 Å². The van der Waals surface area contributed by atoms with Gasteiger partial charge in [-0.2, -0.15) is 0 Å². The molecule has 0 spiro atoms. The zero-order chi connectivity index (χ0) is 15.9.